The van der Waals surface area contributed by atoms with Gasteiger partial charge in [-0.1, -0.05) is 26.0 Å². The molecule has 162 valence electrons. The molecular formula is C25H26O6. The SMILES string of the molecule is CCOC(=O)C1=CCC(C)(C)c2ccc(C(=O)Oc3ccc(C(=O)OCC)cc3)cc21. The number of carbonyl (C=O) groups is 3. The van der Waals surface area contributed by atoms with Gasteiger partial charge in [-0.15, -0.1) is 0 Å². The van der Waals surface area contributed by atoms with Gasteiger partial charge in [-0.2, -0.15) is 0 Å². The highest BCUT2D eigenvalue weighted by molar-refractivity contribution is 6.17. The summed E-state index contributed by atoms with van der Waals surface area (Å²) in [7, 11) is 0. The third-order valence-electron chi connectivity index (χ3n) is 5.16. The Morgan fingerprint density at radius 2 is 1.45 bits per heavy atom. The van der Waals surface area contributed by atoms with E-state index in [0.717, 1.165) is 5.56 Å². The second-order valence-corrected chi connectivity index (χ2v) is 7.82. The molecule has 2 aromatic carbocycles. The Balaban J connectivity index is 1.85. The zero-order valence-electron chi connectivity index (χ0n) is 18.2. The molecule has 1 aliphatic rings. The first-order valence-corrected chi connectivity index (χ1v) is 10.3. The first-order chi connectivity index (χ1) is 14.8. The van der Waals surface area contributed by atoms with Crippen LogP contribution in [0.15, 0.2) is 48.5 Å². The minimum atomic E-state index is -0.557. The summed E-state index contributed by atoms with van der Waals surface area (Å²) in [5.74, 6) is -1.09. The van der Waals surface area contributed by atoms with Crippen LogP contribution in [0.4, 0.5) is 0 Å². The molecule has 0 aromatic heterocycles. The van der Waals surface area contributed by atoms with Gasteiger partial charge in [0.15, 0.2) is 0 Å². The van der Waals surface area contributed by atoms with Crippen molar-refractivity contribution in [3.63, 3.8) is 0 Å². The summed E-state index contributed by atoms with van der Waals surface area (Å²) >= 11 is 0. The number of allylic oxidation sites excluding steroid dienone is 1. The van der Waals surface area contributed by atoms with Crippen LogP contribution in [0.2, 0.25) is 0 Å². The zero-order valence-corrected chi connectivity index (χ0v) is 18.2. The average Bonchev–Trinajstić information content (AvgIpc) is 2.74. The number of fused-ring (bicyclic) bond motifs is 1. The lowest BCUT2D eigenvalue weighted by Gasteiger charge is -2.31. The lowest BCUT2D eigenvalue weighted by atomic mass is 9.73. The molecule has 0 radical (unpaired) electrons. The molecule has 3 rings (SSSR count). The van der Waals surface area contributed by atoms with E-state index in [2.05, 4.69) is 13.8 Å². The summed E-state index contributed by atoms with van der Waals surface area (Å²) in [6.45, 7) is 8.23. The molecular weight excluding hydrogens is 396 g/mol. The molecule has 0 atom stereocenters. The predicted octanol–water partition coefficient (Wildman–Crippen LogP) is 4.71. The van der Waals surface area contributed by atoms with Gasteiger partial charge in [-0.25, -0.2) is 14.4 Å². The number of hydrogen-bond acceptors (Lipinski definition) is 6. The molecule has 0 spiro atoms. The molecule has 0 heterocycles. The van der Waals surface area contributed by atoms with Gasteiger partial charge in [0.05, 0.1) is 29.9 Å². The highest BCUT2D eigenvalue weighted by atomic mass is 16.5. The number of esters is 3. The molecule has 0 saturated heterocycles. The summed E-state index contributed by atoms with van der Waals surface area (Å²) in [4.78, 5) is 36.9. The standard InChI is InChI=1S/C25H26O6/c1-5-29-22(26)16-7-10-18(11-8-16)31-23(27)17-9-12-21-20(15-17)19(24(28)30-6-2)13-14-25(21,3)4/h7-13,15H,5-6,14H2,1-4H3. The molecule has 0 saturated carbocycles. The highest BCUT2D eigenvalue weighted by Gasteiger charge is 2.31. The Kier molecular flexibility index (Phi) is 6.59. The van der Waals surface area contributed by atoms with E-state index in [1.54, 1.807) is 26.0 Å². The fourth-order valence-electron chi connectivity index (χ4n) is 3.50. The van der Waals surface area contributed by atoms with Crippen LogP contribution in [0.1, 0.15) is 66.0 Å². The quantitative estimate of drug-likeness (QED) is 0.496. The van der Waals surface area contributed by atoms with Crippen LogP contribution >= 0.6 is 0 Å². The first-order valence-electron chi connectivity index (χ1n) is 10.3. The van der Waals surface area contributed by atoms with E-state index in [-0.39, 0.29) is 18.6 Å². The van der Waals surface area contributed by atoms with E-state index in [0.29, 0.717) is 34.4 Å². The van der Waals surface area contributed by atoms with Crippen LogP contribution in [0, 0.1) is 0 Å². The molecule has 0 amide bonds. The van der Waals surface area contributed by atoms with Gasteiger partial charge in [0.1, 0.15) is 5.75 Å². The van der Waals surface area contributed by atoms with Crippen molar-refractivity contribution >= 4 is 23.5 Å². The van der Waals surface area contributed by atoms with E-state index in [4.69, 9.17) is 14.2 Å². The Morgan fingerprint density at radius 1 is 0.839 bits per heavy atom. The van der Waals surface area contributed by atoms with Crippen molar-refractivity contribution in [2.75, 3.05) is 13.2 Å². The minimum absolute atomic E-state index is 0.170. The molecule has 6 heteroatoms. The van der Waals surface area contributed by atoms with Crippen molar-refractivity contribution in [2.24, 2.45) is 0 Å². The van der Waals surface area contributed by atoms with Gasteiger partial charge in [0, 0.05) is 0 Å². The van der Waals surface area contributed by atoms with E-state index in [1.165, 1.54) is 24.3 Å². The number of hydrogen-bond donors (Lipinski definition) is 0. The van der Waals surface area contributed by atoms with E-state index in [1.807, 2.05) is 12.1 Å². The Morgan fingerprint density at radius 3 is 2.10 bits per heavy atom. The predicted molar refractivity (Wildman–Crippen MR) is 116 cm³/mol. The number of carbonyl (C=O) groups excluding carboxylic acids is 3. The summed E-state index contributed by atoms with van der Waals surface area (Å²) < 4.78 is 15.6. The molecule has 0 N–H and O–H groups in total. The number of ether oxygens (including phenoxy) is 3. The van der Waals surface area contributed by atoms with Gasteiger partial charge < -0.3 is 14.2 Å². The summed E-state index contributed by atoms with van der Waals surface area (Å²) in [5, 5.41) is 0. The third-order valence-corrected chi connectivity index (χ3v) is 5.16. The van der Waals surface area contributed by atoms with Gasteiger partial charge >= 0.3 is 17.9 Å². The lowest BCUT2D eigenvalue weighted by molar-refractivity contribution is -0.136. The van der Waals surface area contributed by atoms with E-state index in [9.17, 15) is 14.4 Å². The molecule has 31 heavy (non-hydrogen) atoms. The van der Waals surface area contributed by atoms with Crippen LogP contribution in [-0.4, -0.2) is 31.1 Å². The largest absolute Gasteiger partial charge is 0.462 e. The monoisotopic (exact) mass is 422 g/mol. The number of benzene rings is 2. The van der Waals surface area contributed by atoms with Gasteiger partial charge in [-0.05, 0) is 73.2 Å². The van der Waals surface area contributed by atoms with Crippen LogP contribution in [0.5, 0.6) is 5.75 Å². The maximum Gasteiger partial charge on any atom is 0.343 e. The van der Waals surface area contributed by atoms with Crippen molar-refractivity contribution in [3.05, 3.63) is 70.8 Å². The van der Waals surface area contributed by atoms with Crippen molar-refractivity contribution in [3.8, 4) is 5.75 Å². The molecule has 6 nitrogen and oxygen atoms in total. The van der Waals surface area contributed by atoms with Crippen molar-refractivity contribution in [1.82, 2.24) is 0 Å². The number of rotatable bonds is 6. The lowest BCUT2D eigenvalue weighted by Crippen LogP contribution is -2.25. The second kappa shape index (κ2) is 9.16. The zero-order chi connectivity index (χ0) is 22.6. The average molecular weight is 422 g/mol. The summed E-state index contributed by atoms with van der Waals surface area (Å²) in [6.07, 6.45) is 2.56. The van der Waals surface area contributed by atoms with Crippen molar-refractivity contribution in [1.29, 1.82) is 0 Å². The molecule has 2 aromatic rings. The Hall–Kier alpha value is -3.41. The van der Waals surface area contributed by atoms with Crippen molar-refractivity contribution in [2.45, 2.75) is 39.5 Å². The van der Waals surface area contributed by atoms with Crippen LogP contribution in [0.3, 0.4) is 0 Å². The van der Waals surface area contributed by atoms with Crippen LogP contribution in [-0.2, 0) is 19.7 Å². The van der Waals surface area contributed by atoms with Crippen molar-refractivity contribution < 1.29 is 28.6 Å². The molecule has 0 unspecified atom stereocenters. The molecule has 0 aliphatic heterocycles. The van der Waals surface area contributed by atoms with Gasteiger partial charge in [0.25, 0.3) is 0 Å². The third kappa shape index (κ3) is 4.85. The van der Waals surface area contributed by atoms with E-state index >= 15 is 0 Å². The topological polar surface area (TPSA) is 78.9 Å². The highest BCUT2D eigenvalue weighted by Crippen LogP contribution is 2.39. The first kappa shape index (κ1) is 22.3. The smallest absolute Gasteiger partial charge is 0.343 e. The fraction of sp³-hybridized carbons (Fsp3) is 0.320. The van der Waals surface area contributed by atoms with Crippen LogP contribution in [0.25, 0.3) is 5.57 Å². The molecule has 1 aliphatic carbocycles. The summed E-state index contributed by atoms with van der Waals surface area (Å²) in [5.41, 5.74) is 2.65. The Labute approximate surface area is 181 Å². The maximum absolute atomic E-state index is 12.7. The van der Waals surface area contributed by atoms with Gasteiger partial charge in [0.2, 0.25) is 0 Å². The molecule has 0 fully saturated rings. The minimum Gasteiger partial charge on any atom is -0.462 e. The maximum atomic E-state index is 12.7. The fourth-order valence-corrected chi connectivity index (χ4v) is 3.50. The normalized spacial score (nSPS) is 14.1. The second-order valence-electron chi connectivity index (χ2n) is 7.82. The Bertz CT molecular complexity index is 1030. The van der Waals surface area contributed by atoms with E-state index < -0.39 is 17.9 Å². The van der Waals surface area contributed by atoms with Crippen LogP contribution < -0.4 is 4.74 Å². The summed E-state index contributed by atoms with van der Waals surface area (Å²) in [6, 6.07) is 11.4. The van der Waals surface area contributed by atoms with Gasteiger partial charge in [-0.3, -0.25) is 0 Å². The molecule has 0 bridgehead atoms.